The monoisotopic (exact) mass is 325 g/mol. The van der Waals surface area contributed by atoms with Crippen LogP contribution in [-0.4, -0.2) is 11.8 Å². The minimum atomic E-state index is -0.533. The van der Waals surface area contributed by atoms with Crippen molar-refractivity contribution in [1.29, 1.82) is 0 Å². The highest BCUT2D eigenvalue weighted by atomic mass is 35.5. The molecule has 3 nitrogen and oxygen atoms in total. The molecule has 2 atom stereocenters. The van der Waals surface area contributed by atoms with Crippen LogP contribution in [0.4, 0.5) is 5.69 Å². The van der Waals surface area contributed by atoms with Gasteiger partial charge in [-0.1, -0.05) is 44.0 Å². The number of fused-ring (bicyclic) bond motifs is 2. The first-order chi connectivity index (χ1) is 9.70. The summed E-state index contributed by atoms with van der Waals surface area (Å²) in [7, 11) is 0. The minimum Gasteiger partial charge on any atom is -0.274 e. The fraction of sp³-hybridized carbons (Fsp3) is 0.500. The molecular formula is C16H17Cl2NO2. The van der Waals surface area contributed by atoms with Crippen LogP contribution in [0.2, 0.25) is 10.0 Å². The molecule has 1 saturated heterocycles. The SMILES string of the molecule is CC1(C)[C@H]2CC[C@@]1(C)C(=O)N(c1ccc(Cl)cc1Cl)C2=O. The van der Waals surface area contributed by atoms with Crippen molar-refractivity contribution in [3.8, 4) is 0 Å². The summed E-state index contributed by atoms with van der Waals surface area (Å²) in [6.45, 7) is 5.99. The molecule has 1 saturated carbocycles. The Morgan fingerprint density at radius 3 is 2.48 bits per heavy atom. The maximum atomic E-state index is 13.0. The lowest BCUT2D eigenvalue weighted by atomic mass is 9.62. The molecule has 0 radical (unpaired) electrons. The van der Waals surface area contributed by atoms with Gasteiger partial charge in [-0.2, -0.15) is 0 Å². The van der Waals surface area contributed by atoms with E-state index in [4.69, 9.17) is 23.2 Å². The Bertz CT molecular complexity index is 656. The van der Waals surface area contributed by atoms with Crippen molar-refractivity contribution in [3.05, 3.63) is 28.2 Å². The zero-order valence-electron chi connectivity index (χ0n) is 12.2. The summed E-state index contributed by atoms with van der Waals surface area (Å²) in [5.74, 6) is -0.452. The van der Waals surface area contributed by atoms with Gasteiger partial charge in [0.1, 0.15) is 0 Å². The van der Waals surface area contributed by atoms with Gasteiger partial charge in [-0.15, -0.1) is 0 Å². The molecule has 2 amide bonds. The average Bonchev–Trinajstić information content (AvgIpc) is 2.57. The van der Waals surface area contributed by atoms with Gasteiger partial charge >= 0.3 is 0 Å². The molecule has 0 spiro atoms. The second-order valence-corrected chi connectivity index (χ2v) is 7.56. The molecule has 2 fully saturated rings. The van der Waals surface area contributed by atoms with Crippen LogP contribution in [0.25, 0.3) is 0 Å². The van der Waals surface area contributed by atoms with Gasteiger partial charge in [-0.05, 0) is 36.5 Å². The van der Waals surface area contributed by atoms with Gasteiger partial charge in [-0.3, -0.25) is 9.59 Å². The van der Waals surface area contributed by atoms with E-state index in [1.165, 1.54) is 4.90 Å². The van der Waals surface area contributed by atoms with Crippen molar-refractivity contribution in [2.24, 2.45) is 16.7 Å². The van der Waals surface area contributed by atoms with Crippen molar-refractivity contribution >= 4 is 40.7 Å². The Hall–Kier alpha value is -1.06. The molecule has 0 unspecified atom stereocenters. The lowest BCUT2D eigenvalue weighted by molar-refractivity contribution is -0.146. The van der Waals surface area contributed by atoms with E-state index in [0.29, 0.717) is 15.7 Å². The fourth-order valence-electron chi connectivity index (χ4n) is 3.71. The highest BCUT2D eigenvalue weighted by molar-refractivity contribution is 6.38. The quantitative estimate of drug-likeness (QED) is 0.721. The molecule has 21 heavy (non-hydrogen) atoms. The predicted molar refractivity (Wildman–Crippen MR) is 83.6 cm³/mol. The number of benzene rings is 1. The Labute approximate surface area is 134 Å². The van der Waals surface area contributed by atoms with E-state index in [2.05, 4.69) is 0 Å². The number of hydrogen-bond acceptors (Lipinski definition) is 2. The van der Waals surface area contributed by atoms with Crippen molar-refractivity contribution in [2.75, 3.05) is 4.90 Å². The van der Waals surface area contributed by atoms with Gasteiger partial charge in [-0.25, -0.2) is 4.90 Å². The van der Waals surface area contributed by atoms with E-state index in [9.17, 15) is 9.59 Å². The number of hydrogen-bond donors (Lipinski definition) is 0. The number of carbonyl (C=O) groups is 2. The van der Waals surface area contributed by atoms with Crippen LogP contribution in [0.1, 0.15) is 33.6 Å². The molecule has 1 aromatic rings. The zero-order chi connectivity index (χ0) is 15.6. The number of anilines is 1. The summed E-state index contributed by atoms with van der Waals surface area (Å²) in [5, 5.41) is 0.807. The number of nitrogens with zero attached hydrogens (tertiary/aromatic N) is 1. The molecule has 0 N–H and O–H groups in total. The topological polar surface area (TPSA) is 37.4 Å². The van der Waals surface area contributed by atoms with E-state index in [1.54, 1.807) is 18.2 Å². The first-order valence-corrected chi connectivity index (χ1v) is 7.79. The molecule has 2 aliphatic rings. The molecule has 1 heterocycles. The summed E-state index contributed by atoms with van der Waals surface area (Å²) in [5.41, 5.74) is -0.421. The fourth-order valence-corrected chi connectivity index (χ4v) is 4.20. The molecular weight excluding hydrogens is 309 g/mol. The van der Waals surface area contributed by atoms with Crippen LogP contribution in [0.3, 0.4) is 0 Å². The smallest absolute Gasteiger partial charge is 0.240 e. The Morgan fingerprint density at radius 1 is 1.19 bits per heavy atom. The molecule has 3 rings (SSSR count). The van der Waals surface area contributed by atoms with Crippen LogP contribution in [0.5, 0.6) is 0 Å². The number of imide groups is 1. The van der Waals surface area contributed by atoms with Crippen molar-refractivity contribution in [3.63, 3.8) is 0 Å². The third-order valence-corrected chi connectivity index (χ3v) is 6.11. The number of halogens is 2. The summed E-state index contributed by atoms with van der Waals surface area (Å²) >= 11 is 12.1. The molecule has 0 aromatic heterocycles. The van der Waals surface area contributed by atoms with Crippen LogP contribution in [0, 0.1) is 16.7 Å². The standard InChI is InChI=1S/C16H17Cl2NO2/c1-15(2)10-6-7-16(15,3)14(21)19(13(10)20)12-5-4-9(17)8-11(12)18/h4-5,8,10H,6-7H2,1-3H3/t10-,16-/m0/s1. The maximum absolute atomic E-state index is 13.0. The first-order valence-electron chi connectivity index (χ1n) is 7.03. The van der Waals surface area contributed by atoms with Gasteiger partial charge in [0.2, 0.25) is 11.8 Å². The number of amides is 2. The van der Waals surface area contributed by atoms with Crippen molar-refractivity contribution in [1.82, 2.24) is 0 Å². The highest BCUT2D eigenvalue weighted by Crippen LogP contribution is 2.60. The second-order valence-electron chi connectivity index (χ2n) is 6.72. The largest absolute Gasteiger partial charge is 0.274 e. The molecule has 1 aromatic carbocycles. The Morgan fingerprint density at radius 2 is 1.86 bits per heavy atom. The minimum absolute atomic E-state index is 0.146. The van der Waals surface area contributed by atoms with Gasteiger partial charge in [0.05, 0.1) is 16.1 Å². The third-order valence-electron chi connectivity index (χ3n) is 5.57. The number of piperidine rings is 1. The predicted octanol–water partition coefficient (Wildman–Crippen LogP) is 4.31. The summed E-state index contributed by atoms with van der Waals surface area (Å²) in [6, 6.07) is 4.85. The normalized spacial score (nSPS) is 30.9. The second kappa shape index (κ2) is 4.47. The van der Waals surface area contributed by atoms with Gasteiger partial charge in [0.15, 0.2) is 0 Å². The lowest BCUT2D eigenvalue weighted by Gasteiger charge is -2.47. The van der Waals surface area contributed by atoms with Gasteiger partial charge in [0.25, 0.3) is 0 Å². The summed E-state index contributed by atoms with van der Waals surface area (Å²) < 4.78 is 0. The van der Waals surface area contributed by atoms with Crippen LogP contribution in [0.15, 0.2) is 18.2 Å². The summed E-state index contributed by atoms with van der Waals surface area (Å²) in [6.07, 6.45) is 1.48. The Balaban J connectivity index is 2.13. The lowest BCUT2D eigenvalue weighted by Crippen LogP contribution is -2.59. The van der Waals surface area contributed by atoms with E-state index >= 15 is 0 Å². The van der Waals surface area contributed by atoms with Crippen molar-refractivity contribution < 1.29 is 9.59 Å². The van der Waals surface area contributed by atoms with Gasteiger partial charge < -0.3 is 0 Å². The van der Waals surface area contributed by atoms with Gasteiger partial charge in [0, 0.05) is 10.9 Å². The van der Waals surface area contributed by atoms with Crippen LogP contribution >= 0.6 is 23.2 Å². The molecule has 112 valence electrons. The number of carbonyl (C=O) groups excluding carboxylic acids is 2. The van der Waals surface area contributed by atoms with E-state index in [-0.39, 0.29) is 23.1 Å². The van der Waals surface area contributed by atoms with E-state index in [0.717, 1.165) is 12.8 Å². The van der Waals surface area contributed by atoms with E-state index < -0.39 is 5.41 Å². The van der Waals surface area contributed by atoms with Crippen LogP contribution < -0.4 is 4.90 Å². The molecule has 2 bridgehead atoms. The highest BCUT2D eigenvalue weighted by Gasteiger charge is 2.64. The molecule has 5 heteroatoms. The average molecular weight is 326 g/mol. The Kier molecular flexibility index (Phi) is 3.16. The number of rotatable bonds is 1. The molecule has 1 aliphatic carbocycles. The third kappa shape index (κ3) is 1.80. The van der Waals surface area contributed by atoms with Crippen molar-refractivity contribution in [2.45, 2.75) is 33.6 Å². The summed E-state index contributed by atoms with van der Waals surface area (Å²) in [4.78, 5) is 27.1. The molecule has 1 aliphatic heterocycles. The van der Waals surface area contributed by atoms with E-state index in [1.807, 2.05) is 20.8 Å². The first kappa shape index (κ1) is 14.9. The van der Waals surface area contributed by atoms with Crippen LogP contribution in [-0.2, 0) is 9.59 Å². The maximum Gasteiger partial charge on any atom is 0.240 e. The zero-order valence-corrected chi connectivity index (χ0v) is 13.8.